The minimum Gasteiger partial charge on any atom is -0.454 e. The molecule has 3 heterocycles. The number of rotatable bonds is 5. The zero-order valence-corrected chi connectivity index (χ0v) is 18.8. The molecule has 2 aliphatic rings. The van der Waals surface area contributed by atoms with E-state index in [-0.39, 0.29) is 19.4 Å². The van der Waals surface area contributed by atoms with Crippen molar-refractivity contribution < 1.29 is 14.6 Å². The zero-order chi connectivity index (χ0) is 20.5. The van der Waals surface area contributed by atoms with Crippen LogP contribution in [0.5, 0.6) is 11.5 Å². The summed E-state index contributed by atoms with van der Waals surface area (Å²) in [7, 11) is 0. The topological polar surface area (TPSA) is 41.9 Å². The molecule has 5 rings (SSSR count). The average Bonchev–Trinajstić information content (AvgIpc) is 3.46. The van der Waals surface area contributed by atoms with Crippen molar-refractivity contribution in [3.8, 4) is 11.5 Å². The Balaban J connectivity index is 1.45. The number of hydrogen-bond donors (Lipinski definition) is 1. The lowest BCUT2D eigenvalue weighted by Gasteiger charge is -2.34. The maximum atomic E-state index is 9.32. The summed E-state index contributed by atoms with van der Waals surface area (Å²) in [5, 5.41) is 11.5. The number of hydrogen-bond acceptors (Lipinski definition) is 5. The van der Waals surface area contributed by atoms with Crippen LogP contribution in [0.15, 0.2) is 64.5 Å². The van der Waals surface area contributed by atoms with Gasteiger partial charge in [0.05, 0.1) is 12.6 Å². The van der Waals surface area contributed by atoms with Gasteiger partial charge in [-0.05, 0) is 52.3 Å². The molecule has 1 N–H and O–H groups in total. The smallest absolute Gasteiger partial charge is 0.231 e. The van der Waals surface area contributed by atoms with Crippen molar-refractivity contribution in [3.63, 3.8) is 0 Å². The molecule has 1 atom stereocenters. The lowest BCUT2D eigenvalue weighted by molar-refractivity contribution is 0.173. The largest absolute Gasteiger partial charge is 0.454 e. The predicted molar refractivity (Wildman–Crippen MR) is 123 cm³/mol. The Kier molecular flexibility index (Phi) is 5.65. The molecule has 4 nitrogen and oxygen atoms in total. The third-order valence-corrected chi connectivity index (χ3v) is 7.36. The third kappa shape index (κ3) is 3.93. The van der Waals surface area contributed by atoms with Crippen molar-refractivity contribution in [2.45, 2.75) is 25.6 Å². The van der Waals surface area contributed by atoms with Gasteiger partial charge in [0, 0.05) is 22.4 Å². The number of halogens is 1. The number of benzene rings is 2. The molecule has 0 aliphatic carbocycles. The molecule has 3 aromatic rings. The summed E-state index contributed by atoms with van der Waals surface area (Å²) in [4.78, 5) is 3.86. The van der Waals surface area contributed by atoms with Crippen LogP contribution in [0, 0.1) is 0 Å². The van der Waals surface area contributed by atoms with Crippen LogP contribution < -0.4 is 9.47 Å². The number of thiophene rings is 1. The van der Waals surface area contributed by atoms with Gasteiger partial charge in [-0.2, -0.15) is 0 Å². The van der Waals surface area contributed by atoms with Crippen molar-refractivity contribution in [3.05, 3.63) is 86.0 Å². The SMILES string of the molecule is OCc1ccc(C2=CC(c3cccs3)N(Cc3cc4c(cc3Br)OCO4)CC2)cc1. The van der Waals surface area contributed by atoms with E-state index >= 15 is 0 Å². The molecule has 1 unspecified atom stereocenters. The first-order valence-corrected chi connectivity index (χ1v) is 11.6. The number of fused-ring (bicyclic) bond motifs is 1. The lowest BCUT2D eigenvalue weighted by atomic mass is 9.94. The molecule has 0 amide bonds. The van der Waals surface area contributed by atoms with E-state index in [0.717, 1.165) is 41.0 Å². The summed E-state index contributed by atoms with van der Waals surface area (Å²) in [6.45, 7) is 2.16. The van der Waals surface area contributed by atoms with E-state index in [1.807, 2.05) is 18.2 Å². The van der Waals surface area contributed by atoms with Crippen molar-refractivity contribution >= 4 is 32.8 Å². The Hall–Kier alpha value is -2.12. The Morgan fingerprint density at radius 2 is 1.90 bits per heavy atom. The summed E-state index contributed by atoms with van der Waals surface area (Å²) in [5.74, 6) is 1.62. The van der Waals surface area contributed by atoms with E-state index in [1.165, 1.54) is 21.6 Å². The van der Waals surface area contributed by atoms with Gasteiger partial charge < -0.3 is 14.6 Å². The summed E-state index contributed by atoms with van der Waals surface area (Å²) in [5.41, 5.74) is 4.74. The van der Waals surface area contributed by atoms with Gasteiger partial charge in [-0.1, -0.05) is 52.3 Å². The van der Waals surface area contributed by atoms with Crippen LogP contribution >= 0.6 is 27.3 Å². The minimum atomic E-state index is 0.0787. The highest BCUT2D eigenvalue weighted by Gasteiger charge is 2.26. The van der Waals surface area contributed by atoms with Crippen LogP contribution in [0.2, 0.25) is 0 Å². The van der Waals surface area contributed by atoms with Gasteiger partial charge in [0.15, 0.2) is 11.5 Å². The molecule has 0 spiro atoms. The molecule has 2 aromatic carbocycles. The number of aliphatic hydroxyl groups excluding tert-OH is 1. The fourth-order valence-corrected chi connectivity index (χ4v) is 5.32. The first-order chi connectivity index (χ1) is 14.7. The van der Waals surface area contributed by atoms with Crippen LogP contribution in [0.4, 0.5) is 0 Å². The van der Waals surface area contributed by atoms with E-state index in [1.54, 1.807) is 11.3 Å². The highest BCUT2D eigenvalue weighted by molar-refractivity contribution is 9.10. The molecule has 0 radical (unpaired) electrons. The quantitative estimate of drug-likeness (QED) is 0.500. The Bertz CT molecular complexity index is 1060. The van der Waals surface area contributed by atoms with Crippen molar-refractivity contribution in [2.75, 3.05) is 13.3 Å². The molecule has 1 aromatic heterocycles. The average molecular weight is 484 g/mol. The molecule has 0 fully saturated rings. The second-order valence-corrected chi connectivity index (χ2v) is 9.36. The standard InChI is InChI=1S/C24H22BrNO3S/c25-20-12-23-22(28-15-29-23)11-19(20)13-26-8-7-18(10-21(26)24-2-1-9-30-24)17-5-3-16(14-27)4-6-17/h1-6,9-12,21,27H,7-8,13-15H2. The summed E-state index contributed by atoms with van der Waals surface area (Å²) >= 11 is 5.51. The summed E-state index contributed by atoms with van der Waals surface area (Å²) < 4.78 is 12.1. The van der Waals surface area contributed by atoms with Gasteiger partial charge in [-0.25, -0.2) is 0 Å². The highest BCUT2D eigenvalue weighted by Crippen LogP contribution is 2.40. The first-order valence-electron chi connectivity index (χ1n) is 9.97. The van der Waals surface area contributed by atoms with Crippen LogP contribution in [0.1, 0.15) is 34.0 Å². The van der Waals surface area contributed by atoms with Crippen LogP contribution in [-0.2, 0) is 13.2 Å². The van der Waals surface area contributed by atoms with Gasteiger partial charge in [-0.15, -0.1) is 11.3 Å². The summed E-state index contributed by atoms with van der Waals surface area (Å²) in [6, 6.07) is 16.9. The minimum absolute atomic E-state index is 0.0787. The van der Waals surface area contributed by atoms with Crippen molar-refractivity contribution in [1.82, 2.24) is 4.90 Å². The molecule has 2 aliphatic heterocycles. The molecule has 0 saturated heterocycles. The van der Waals surface area contributed by atoms with Gasteiger partial charge in [0.1, 0.15) is 0 Å². The normalized spacial score (nSPS) is 18.5. The Morgan fingerprint density at radius 3 is 2.63 bits per heavy atom. The lowest BCUT2D eigenvalue weighted by Crippen LogP contribution is -2.31. The molecular formula is C24H22BrNO3S. The summed E-state index contributed by atoms with van der Waals surface area (Å²) in [6.07, 6.45) is 3.38. The molecule has 6 heteroatoms. The number of ether oxygens (including phenoxy) is 2. The molecule has 0 bridgehead atoms. The highest BCUT2D eigenvalue weighted by atomic mass is 79.9. The number of nitrogens with zero attached hydrogens (tertiary/aromatic N) is 1. The molecular weight excluding hydrogens is 462 g/mol. The second-order valence-electron chi connectivity index (χ2n) is 7.52. The fourth-order valence-electron chi connectivity index (χ4n) is 4.05. The first kappa shape index (κ1) is 19.8. The van der Waals surface area contributed by atoms with Crippen molar-refractivity contribution in [2.24, 2.45) is 0 Å². The van der Waals surface area contributed by atoms with E-state index in [0.29, 0.717) is 0 Å². The fraction of sp³-hybridized carbons (Fsp3) is 0.250. The maximum Gasteiger partial charge on any atom is 0.231 e. The molecule has 0 saturated carbocycles. The zero-order valence-electron chi connectivity index (χ0n) is 16.4. The second kappa shape index (κ2) is 8.55. The molecule has 154 valence electrons. The predicted octanol–water partition coefficient (Wildman–Crippen LogP) is 5.76. The van der Waals surface area contributed by atoms with Gasteiger partial charge in [-0.3, -0.25) is 4.90 Å². The number of aliphatic hydroxyl groups is 1. The monoisotopic (exact) mass is 483 g/mol. The van der Waals surface area contributed by atoms with Gasteiger partial charge in [0.2, 0.25) is 6.79 Å². The van der Waals surface area contributed by atoms with E-state index < -0.39 is 0 Å². The third-order valence-electron chi connectivity index (χ3n) is 5.68. The van der Waals surface area contributed by atoms with E-state index in [2.05, 4.69) is 62.6 Å². The van der Waals surface area contributed by atoms with E-state index in [9.17, 15) is 5.11 Å². The Labute approximate surface area is 188 Å². The van der Waals surface area contributed by atoms with Crippen molar-refractivity contribution in [1.29, 1.82) is 0 Å². The van der Waals surface area contributed by atoms with Crippen LogP contribution in [0.25, 0.3) is 5.57 Å². The van der Waals surface area contributed by atoms with Crippen LogP contribution in [-0.4, -0.2) is 23.3 Å². The van der Waals surface area contributed by atoms with Crippen LogP contribution in [0.3, 0.4) is 0 Å². The maximum absolute atomic E-state index is 9.32. The van der Waals surface area contributed by atoms with Gasteiger partial charge in [0.25, 0.3) is 0 Å². The van der Waals surface area contributed by atoms with Gasteiger partial charge >= 0.3 is 0 Å². The molecule has 30 heavy (non-hydrogen) atoms. The van der Waals surface area contributed by atoms with E-state index in [4.69, 9.17) is 9.47 Å². The Morgan fingerprint density at radius 1 is 1.10 bits per heavy atom.